The van der Waals surface area contributed by atoms with E-state index in [4.69, 9.17) is 4.74 Å². The number of aromatic nitrogens is 4. The van der Waals surface area contributed by atoms with Crippen LogP contribution in [-0.2, 0) is 4.74 Å². The first-order valence-corrected chi connectivity index (χ1v) is 6.53. The molecule has 0 saturated heterocycles. The summed E-state index contributed by atoms with van der Waals surface area (Å²) in [5, 5.41) is 6.42. The van der Waals surface area contributed by atoms with E-state index >= 15 is 0 Å². The summed E-state index contributed by atoms with van der Waals surface area (Å²) in [5.74, 6) is 1.32. The number of anilines is 2. The van der Waals surface area contributed by atoms with Crippen LogP contribution in [0.5, 0.6) is 0 Å². The van der Waals surface area contributed by atoms with E-state index in [1.807, 2.05) is 20.8 Å². The third kappa shape index (κ3) is 3.31. The van der Waals surface area contributed by atoms with E-state index < -0.39 is 0 Å². The molecule has 0 amide bonds. The molecule has 104 valence electrons. The molecular weight excluding hydrogens is 244 g/mol. The molecule has 0 fully saturated rings. The maximum atomic E-state index is 5.39. The number of nitrogens with one attached hydrogen (secondary N) is 3. The average Bonchev–Trinajstić information content (AvgIpc) is 2.85. The van der Waals surface area contributed by atoms with Crippen LogP contribution in [0.1, 0.15) is 20.8 Å². The van der Waals surface area contributed by atoms with Crippen LogP contribution in [0.2, 0.25) is 0 Å². The molecule has 0 saturated carbocycles. The lowest BCUT2D eigenvalue weighted by atomic mass is 10.3. The van der Waals surface area contributed by atoms with Crippen LogP contribution in [0.15, 0.2) is 6.33 Å². The van der Waals surface area contributed by atoms with Gasteiger partial charge < -0.3 is 20.4 Å². The van der Waals surface area contributed by atoms with Gasteiger partial charge in [0.2, 0.25) is 5.95 Å². The van der Waals surface area contributed by atoms with Crippen LogP contribution in [0.3, 0.4) is 0 Å². The number of hydrogen-bond acceptors (Lipinski definition) is 6. The van der Waals surface area contributed by atoms with E-state index in [0.717, 1.165) is 17.9 Å². The number of nitrogens with zero attached hydrogens (tertiary/aromatic N) is 3. The standard InChI is InChI=1S/C12H20N6O/c1-4-13-12-17-10-9(14-7-15-10)11(18-12)16-8(3)6-19-5-2/h7-8H,4-6H2,1-3H3,(H3,13,14,15,16,17,18). The van der Waals surface area contributed by atoms with Gasteiger partial charge in [0.15, 0.2) is 11.5 Å². The second-order valence-corrected chi connectivity index (χ2v) is 4.23. The molecule has 2 rings (SSSR count). The minimum Gasteiger partial charge on any atom is -0.380 e. The minimum absolute atomic E-state index is 0.163. The fraction of sp³-hybridized carbons (Fsp3) is 0.583. The summed E-state index contributed by atoms with van der Waals surface area (Å²) in [4.78, 5) is 16.0. The molecule has 0 aromatic carbocycles. The minimum atomic E-state index is 0.163. The summed E-state index contributed by atoms with van der Waals surface area (Å²) in [6.07, 6.45) is 1.62. The van der Waals surface area contributed by atoms with Gasteiger partial charge >= 0.3 is 0 Å². The zero-order valence-corrected chi connectivity index (χ0v) is 11.5. The van der Waals surface area contributed by atoms with Crippen molar-refractivity contribution in [3.8, 4) is 0 Å². The van der Waals surface area contributed by atoms with Crippen molar-refractivity contribution in [2.45, 2.75) is 26.8 Å². The van der Waals surface area contributed by atoms with Gasteiger partial charge in [-0.05, 0) is 20.8 Å². The molecule has 7 nitrogen and oxygen atoms in total. The van der Waals surface area contributed by atoms with E-state index in [-0.39, 0.29) is 6.04 Å². The molecule has 0 aliphatic carbocycles. The molecule has 2 heterocycles. The molecule has 0 aliphatic heterocycles. The molecule has 2 aromatic rings. The molecule has 2 aromatic heterocycles. The SMILES string of the molecule is CCNc1nc(NC(C)COCC)c2[nH]cnc2n1. The molecule has 0 bridgehead atoms. The van der Waals surface area contributed by atoms with Gasteiger partial charge in [0.25, 0.3) is 0 Å². The Morgan fingerprint density at radius 1 is 1.37 bits per heavy atom. The molecule has 1 unspecified atom stereocenters. The van der Waals surface area contributed by atoms with E-state index in [9.17, 15) is 0 Å². The van der Waals surface area contributed by atoms with Crippen LogP contribution >= 0.6 is 0 Å². The summed E-state index contributed by atoms with van der Waals surface area (Å²) >= 11 is 0. The average molecular weight is 264 g/mol. The normalized spacial score (nSPS) is 12.6. The maximum absolute atomic E-state index is 5.39. The summed E-state index contributed by atoms with van der Waals surface area (Å²) in [6.45, 7) is 8.14. The number of imidazole rings is 1. The number of hydrogen-bond donors (Lipinski definition) is 3. The Morgan fingerprint density at radius 3 is 2.95 bits per heavy atom. The van der Waals surface area contributed by atoms with Gasteiger partial charge in [-0.2, -0.15) is 9.97 Å². The van der Waals surface area contributed by atoms with Crippen molar-refractivity contribution >= 4 is 22.9 Å². The molecule has 3 N–H and O–H groups in total. The Bertz CT molecular complexity index is 526. The maximum Gasteiger partial charge on any atom is 0.226 e. The van der Waals surface area contributed by atoms with Gasteiger partial charge in [-0.25, -0.2) is 4.98 Å². The fourth-order valence-corrected chi connectivity index (χ4v) is 1.74. The van der Waals surface area contributed by atoms with Crippen molar-refractivity contribution < 1.29 is 4.74 Å². The molecule has 0 aliphatic rings. The van der Waals surface area contributed by atoms with Crippen molar-refractivity contribution in [2.24, 2.45) is 0 Å². The lowest BCUT2D eigenvalue weighted by molar-refractivity contribution is 0.141. The Kier molecular flexibility index (Phi) is 4.51. The van der Waals surface area contributed by atoms with Crippen LogP contribution < -0.4 is 10.6 Å². The quantitative estimate of drug-likeness (QED) is 0.704. The Hall–Kier alpha value is -1.89. The van der Waals surface area contributed by atoms with Crippen molar-refractivity contribution in [2.75, 3.05) is 30.4 Å². The molecule has 19 heavy (non-hydrogen) atoms. The lowest BCUT2D eigenvalue weighted by Gasteiger charge is -2.15. The van der Waals surface area contributed by atoms with Crippen LogP contribution in [0, 0.1) is 0 Å². The molecule has 0 spiro atoms. The number of ether oxygens (including phenoxy) is 1. The van der Waals surface area contributed by atoms with Gasteiger partial charge in [0, 0.05) is 19.2 Å². The van der Waals surface area contributed by atoms with Gasteiger partial charge in [-0.15, -0.1) is 0 Å². The van der Waals surface area contributed by atoms with Crippen LogP contribution in [0.4, 0.5) is 11.8 Å². The third-order valence-electron chi connectivity index (χ3n) is 2.58. The summed E-state index contributed by atoms with van der Waals surface area (Å²) in [7, 11) is 0. The molecule has 7 heteroatoms. The van der Waals surface area contributed by atoms with E-state index in [1.54, 1.807) is 6.33 Å². The zero-order chi connectivity index (χ0) is 13.7. The Balaban J connectivity index is 2.21. The number of fused-ring (bicyclic) bond motifs is 1. The monoisotopic (exact) mass is 264 g/mol. The van der Waals surface area contributed by atoms with Crippen molar-refractivity contribution in [3.63, 3.8) is 0 Å². The first-order chi connectivity index (χ1) is 9.24. The third-order valence-corrected chi connectivity index (χ3v) is 2.58. The first-order valence-electron chi connectivity index (χ1n) is 6.53. The first kappa shape index (κ1) is 13.5. The van der Waals surface area contributed by atoms with Gasteiger partial charge in [0.1, 0.15) is 5.52 Å². The second-order valence-electron chi connectivity index (χ2n) is 4.23. The molecular formula is C12H20N6O. The lowest BCUT2D eigenvalue weighted by Crippen LogP contribution is -2.23. The van der Waals surface area contributed by atoms with Gasteiger partial charge in [0.05, 0.1) is 12.9 Å². The van der Waals surface area contributed by atoms with Gasteiger partial charge in [-0.3, -0.25) is 0 Å². The largest absolute Gasteiger partial charge is 0.380 e. The number of aromatic amines is 1. The number of H-pyrrole nitrogens is 1. The van der Waals surface area contributed by atoms with Crippen LogP contribution in [-0.4, -0.2) is 45.7 Å². The highest BCUT2D eigenvalue weighted by Crippen LogP contribution is 2.19. The number of rotatable bonds is 7. The predicted octanol–water partition coefficient (Wildman–Crippen LogP) is 1.62. The highest BCUT2D eigenvalue weighted by atomic mass is 16.5. The zero-order valence-electron chi connectivity index (χ0n) is 11.5. The van der Waals surface area contributed by atoms with Gasteiger partial charge in [-0.1, -0.05) is 0 Å². The van der Waals surface area contributed by atoms with Crippen molar-refractivity contribution in [3.05, 3.63) is 6.33 Å². The topological polar surface area (TPSA) is 87.8 Å². The molecule has 1 atom stereocenters. The smallest absolute Gasteiger partial charge is 0.226 e. The van der Waals surface area contributed by atoms with E-state index in [1.165, 1.54) is 0 Å². The second kappa shape index (κ2) is 6.33. The predicted molar refractivity (Wildman–Crippen MR) is 75.4 cm³/mol. The summed E-state index contributed by atoms with van der Waals surface area (Å²) < 4.78 is 5.39. The van der Waals surface area contributed by atoms with E-state index in [2.05, 4.69) is 30.6 Å². The molecule has 0 radical (unpaired) electrons. The van der Waals surface area contributed by atoms with E-state index in [0.29, 0.717) is 24.8 Å². The Morgan fingerprint density at radius 2 is 2.21 bits per heavy atom. The highest BCUT2D eigenvalue weighted by molar-refractivity contribution is 5.83. The van der Waals surface area contributed by atoms with Crippen molar-refractivity contribution in [1.82, 2.24) is 19.9 Å². The summed E-state index contributed by atoms with van der Waals surface area (Å²) in [5.41, 5.74) is 1.46. The summed E-state index contributed by atoms with van der Waals surface area (Å²) in [6, 6.07) is 0.163. The van der Waals surface area contributed by atoms with Crippen LogP contribution in [0.25, 0.3) is 11.2 Å². The Labute approximate surface area is 112 Å². The fourth-order valence-electron chi connectivity index (χ4n) is 1.74. The highest BCUT2D eigenvalue weighted by Gasteiger charge is 2.11. The van der Waals surface area contributed by atoms with Crippen molar-refractivity contribution in [1.29, 1.82) is 0 Å².